The molecule has 0 N–H and O–H groups in total. The molecule has 0 saturated carbocycles. The van der Waals surface area contributed by atoms with Crippen molar-refractivity contribution < 1.29 is 4.79 Å². The third-order valence-electron chi connectivity index (χ3n) is 3.62. The van der Waals surface area contributed by atoms with Crippen molar-refractivity contribution in [3.8, 4) is 0 Å². The Labute approximate surface area is 123 Å². The second-order valence-corrected chi connectivity index (χ2v) is 6.35. The molecule has 4 heteroatoms. The van der Waals surface area contributed by atoms with E-state index in [0.29, 0.717) is 6.04 Å². The van der Waals surface area contributed by atoms with Gasteiger partial charge in [0.15, 0.2) is 0 Å². The number of carbonyl (C=O) groups is 1. The standard InChI is InChI=1S/C15H21BrN2O/c1-11(2)17-4-6-18(7-5-17)15(19)13-8-12(3)9-14(16)10-13/h8-11H,4-7H2,1-3H3. The SMILES string of the molecule is Cc1cc(Br)cc(C(=O)N2CCN(C(C)C)CC2)c1. The van der Waals surface area contributed by atoms with Crippen LogP contribution in [0, 0.1) is 6.92 Å². The van der Waals surface area contributed by atoms with Crippen LogP contribution in [0.1, 0.15) is 29.8 Å². The highest BCUT2D eigenvalue weighted by Gasteiger charge is 2.23. The summed E-state index contributed by atoms with van der Waals surface area (Å²) < 4.78 is 0.969. The van der Waals surface area contributed by atoms with Gasteiger partial charge in [0.25, 0.3) is 5.91 Å². The number of nitrogens with zero attached hydrogens (tertiary/aromatic N) is 2. The van der Waals surface area contributed by atoms with Crippen LogP contribution in [0.4, 0.5) is 0 Å². The zero-order chi connectivity index (χ0) is 14.0. The topological polar surface area (TPSA) is 23.6 Å². The molecule has 2 rings (SSSR count). The summed E-state index contributed by atoms with van der Waals surface area (Å²) in [5.41, 5.74) is 1.89. The first-order chi connectivity index (χ1) is 8.97. The van der Waals surface area contributed by atoms with Crippen molar-refractivity contribution in [3.05, 3.63) is 33.8 Å². The summed E-state index contributed by atoms with van der Waals surface area (Å²) in [5.74, 6) is 0.146. The maximum Gasteiger partial charge on any atom is 0.253 e. The Morgan fingerprint density at radius 1 is 1.16 bits per heavy atom. The minimum Gasteiger partial charge on any atom is -0.336 e. The van der Waals surface area contributed by atoms with Gasteiger partial charge in [-0.3, -0.25) is 9.69 Å². The summed E-state index contributed by atoms with van der Waals surface area (Å²) in [4.78, 5) is 16.8. The third kappa shape index (κ3) is 3.57. The van der Waals surface area contributed by atoms with Crippen molar-refractivity contribution in [3.63, 3.8) is 0 Å². The van der Waals surface area contributed by atoms with Gasteiger partial charge < -0.3 is 4.90 Å². The number of rotatable bonds is 2. The first kappa shape index (κ1) is 14.5. The number of amides is 1. The summed E-state index contributed by atoms with van der Waals surface area (Å²) in [5, 5.41) is 0. The highest BCUT2D eigenvalue weighted by Crippen LogP contribution is 2.18. The molecule has 1 aliphatic heterocycles. The Morgan fingerprint density at radius 3 is 2.32 bits per heavy atom. The number of hydrogen-bond acceptors (Lipinski definition) is 2. The van der Waals surface area contributed by atoms with Crippen LogP contribution in [0.15, 0.2) is 22.7 Å². The minimum absolute atomic E-state index is 0.146. The van der Waals surface area contributed by atoms with E-state index in [-0.39, 0.29) is 5.91 Å². The molecule has 104 valence electrons. The summed E-state index contributed by atoms with van der Waals surface area (Å²) >= 11 is 3.45. The molecule has 1 amide bonds. The van der Waals surface area contributed by atoms with Crippen LogP contribution in [0.2, 0.25) is 0 Å². The lowest BCUT2D eigenvalue weighted by atomic mass is 10.1. The fraction of sp³-hybridized carbons (Fsp3) is 0.533. The number of hydrogen-bond donors (Lipinski definition) is 0. The lowest BCUT2D eigenvalue weighted by molar-refractivity contribution is 0.0595. The smallest absolute Gasteiger partial charge is 0.253 e. The zero-order valence-corrected chi connectivity index (χ0v) is 13.4. The van der Waals surface area contributed by atoms with Crippen LogP contribution in [-0.4, -0.2) is 47.9 Å². The van der Waals surface area contributed by atoms with Gasteiger partial charge in [-0.2, -0.15) is 0 Å². The highest BCUT2D eigenvalue weighted by atomic mass is 79.9. The van der Waals surface area contributed by atoms with Crippen LogP contribution >= 0.6 is 15.9 Å². The second kappa shape index (κ2) is 6.06. The number of aryl methyl sites for hydroxylation is 1. The molecule has 1 aliphatic rings. The van der Waals surface area contributed by atoms with E-state index in [1.54, 1.807) is 0 Å². The van der Waals surface area contributed by atoms with E-state index in [9.17, 15) is 4.79 Å². The molecule has 1 saturated heterocycles. The Morgan fingerprint density at radius 2 is 1.79 bits per heavy atom. The molecule has 0 bridgehead atoms. The van der Waals surface area contributed by atoms with Crippen LogP contribution in [0.5, 0.6) is 0 Å². The maximum absolute atomic E-state index is 12.5. The van der Waals surface area contributed by atoms with Gasteiger partial charge in [-0.25, -0.2) is 0 Å². The Hall–Kier alpha value is -0.870. The molecule has 0 unspecified atom stereocenters. The average molecular weight is 325 g/mol. The van der Waals surface area contributed by atoms with E-state index in [1.807, 2.05) is 30.0 Å². The predicted octanol–water partition coefficient (Wildman–Crippen LogP) is 2.92. The van der Waals surface area contributed by atoms with Crippen molar-refractivity contribution in [2.45, 2.75) is 26.8 Å². The largest absolute Gasteiger partial charge is 0.336 e. The summed E-state index contributed by atoms with van der Waals surface area (Å²) in [6, 6.07) is 6.45. The Balaban J connectivity index is 2.05. The molecule has 1 aromatic carbocycles. The monoisotopic (exact) mass is 324 g/mol. The predicted molar refractivity (Wildman–Crippen MR) is 81.5 cm³/mol. The fourth-order valence-corrected chi connectivity index (χ4v) is 3.09. The van der Waals surface area contributed by atoms with Gasteiger partial charge in [-0.1, -0.05) is 15.9 Å². The first-order valence-electron chi connectivity index (χ1n) is 6.78. The van der Waals surface area contributed by atoms with Crippen LogP contribution in [0.3, 0.4) is 0 Å². The van der Waals surface area contributed by atoms with Crippen molar-refractivity contribution in [2.24, 2.45) is 0 Å². The number of carbonyl (C=O) groups excluding carboxylic acids is 1. The molecular weight excluding hydrogens is 304 g/mol. The van der Waals surface area contributed by atoms with Gasteiger partial charge in [-0.15, -0.1) is 0 Å². The highest BCUT2D eigenvalue weighted by molar-refractivity contribution is 9.10. The lowest BCUT2D eigenvalue weighted by Crippen LogP contribution is -2.50. The van der Waals surface area contributed by atoms with Crippen molar-refractivity contribution >= 4 is 21.8 Å². The molecule has 1 aromatic rings. The number of halogens is 1. The second-order valence-electron chi connectivity index (χ2n) is 5.44. The van der Waals surface area contributed by atoms with E-state index in [2.05, 4.69) is 34.7 Å². The van der Waals surface area contributed by atoms with Gasteiger partial charge in [0.2, 0.25) is 0 Å². The molecule has 0 aromatic heterocycles. The molecule has 1 fully saturated rings. The molecular formula is C15H21BrN2O. The van der Waals surface area contributed by atoms with Gasteiger partial charge in [-0.05, 0) is 44.5 Å². The fourth-order valence-electron chi connectivity index (χ4n) is 2.48. The zero-order valence-electron chi connectivity index (χ0n) is 11.8. The molecule has 3 nitrogen and oxygen atoms in total. The Kier molecular flexibility index (Phi) is 4.63. The normalized spacial score (nSPS) is 17.0. The van der Waals surface area contributed by atoms with E-state index < -0.39 is 0 Å². The van der Waals surface area contributed by atoms with Crippen molar-refractivity contribution in [1.29, 1.82) is 0 Å². The van der Waals surface area contributed by atoms with E-state index >= 15 is 0 Å². The van der Waals surface area contributed by atoms with E-state index in [0.717, 1.165) is 41.8 Å². The molecule has 0 spiro atoms. The lowest BCUT2D eigenvalue weighted by Gasteiger charge is -2.37. The van der Waals surface area contributed by atoms with Crippen LogP contribution < -0.4 is 0 Å². The molecule has 19 heavy (non-hydrogen) atoms. The van der Waals surface area contributed by atoms with Gasteiger partial charge in [0, 0.05) is 42.3 Å². The van der Waals surface area contributed by atoms with Gasteiger partial charge >= 0.3 is 0 Å². The number of piperazine rings is 1. The number of benzene rings is 1. The molecule has 0 radical (unpaired) electrons. The Bertz CT molecular complexity index is 445. The average Bonchev–Trinajstić information content (AvgIpc) is 2.37. The van der Waals surface area contributed by atoms with Crippen LogP contribution in [-0.2, 0) is 0 Å². The van der Waals surface area contributed by atoms with E-state index in [4.69, 9.17) is 0 Å². The quantitative estimate of drug-likeness (QED) is 0.835. The maximum atomic E-state index is 12.5. The molecule has 0 aliphatic carbocycles. The molecule has 0 atom stereocenters. The summed E-state index contributed by atoms with van der Waals surface area (Å²) in [6.45, 7) is 10.0. The first-order valence-corrected chi connectivity index (χ1v) is 7.57. The van der Waals surface area contributed by atoms with E-state index in [1.165, 1.54) is 0 Å². The summed E-state index contributed by atoms with van der Waals surface area (Å²) in [6.07, 6.45) is 0. The van der Waals surface area contributed by atoms with Gasteiger partial charge in [0.05, 0.1) is 0 Å². The molecule has 1 heterocycles. The van der Waals surface area contributed by atoms with Crippen molar-refractivity contribution in [2.75, 3.05) is 26.2 Å². The van der Waals surface area contributed by atoms with Crippen molar-refractivity contribution in [1.82, 2.24) is 9.80 Å². The van der Waals surface area contributed by atoms with Gasteiger partial charge in [0.1, 0.15) is 0 Å². The summed E-state index contributed by atoms with van der Waals surface area (Å²) in [7, 11) is 0. The minimum atomic E-state index is 0.146. The third-order valence-corrected chi connectivity index (χ3v) is 4.08. The van der Waals surface area contributed by atoms with Crippen LogP contribution in [0.25, 0.3) is 0 Å².